The Morgan fingerprint density at radius 1 is 1.23 bits per heavy atom. The molecule has 1 unspecified atom stereocenters. The second-order valence-electron chi connectivity index (χ2n) is 6.54. The van der Waals surface area contributed by atoms with E-state index < -0.39 is 0 Å². The van der Waals surface area contributed by atoms with Gasteiger partial charge in [-0.25, -0.2) is 0 Å². The van der Waals surface area contributed by atoms with Gasteiger partial charge in [0.15, 0.2) is 0 Å². The lowest BCUT2D eigenvalue weighted by molar-refractivity contribution is -0.136. The Labute approximate surface area is 131 Å². The molecule has 5 heteroatoms. The van der Waals surface area contributed by atoms with Crippen LogP contribution in [0.25, 0.3) is 0 Å². The topological polar surface area (TPSA) is 73.4 Å². The van der Waals surface area contributed by atoms with Crippen LogP contribution in [-0.2, 0) is 24.1 Å². The van der Waals surface area contributed by atoms with E-state index in [1.165, 1.54) is 11.1 Å². The van der Waals surface area contributed by atoms with E-state index in [9.17, 15) is 4.79 Å². The van der Waals surface area contributed by atoms with E-state index in [4.69, 9.17) is 11.1 Å². The third-order valence-corrected chi connectivity index (χ3v) is 4.76. The molecule has 118 valence electrons. The summed E-state index contributed by atoms with van der Waals surface area (Å²) in [5.74, 6) is 0.575. The Morgan fingerprint density at radius 2 is 1.91 bits per heavy atom. The Hall–Kier alpha value is -1.88. The number of amidine groups is 1. The minimum Gasteiger partial charge on any atom is -0.387 e. The Morgan fingerprint density at radius 3 is 2.59 bits per heavy atom. The van der Waals surface area contributed by atoms with Crippen molar-refractivity contribution in [3.63, 3.8) is 0 Å². The molecular weight excluding hydrogens is 276 g/mol. The van der Waals surface area contributed by atoms with Crippen molar-refractivity contribution in [1.82, 2.24) is 9.80 Å². The van der Waals surface area contributed by atoms with Crippen LogP contribution in [0.2, 0.25) is 0 Å². The minimum absolute atomic E-state index is 0.0889. The number of nitrogens with zero attached hydrogens (tertiary/aromatic N) is 2. The lowest BCUT2D eigenvalue weighted by atomic mass is 10.0. The summed E-state index contributed by atoms with van der Waals surface area (Å²) in [5.41, 5.74) is 9.07. The first-order valence-electron chi connectivity index (χ1n) is 7.94. The summed E-state index contributed by atoms with van der Waals surface area (Å²) in [5, 5.41) is 7.40. The van der Waals surface area contributed by atoms with Gasteiger partial charge in [0.2, 0.25) is 5.91 Å². The van der Waals surface area contributed by atoms with Crippen LogP contribution in [0.5, 0.6) is 0 Å². The van der Waals surface area contributed by atoms with E-state index in [1.807, 2.05) is 11.0 Å². The number of hydrogen-bond donors (Lipinski definition) is 2. The molecule has 1 fully saturated rings. The van der Waals surface area contributed by atoms with Gasteiger partial charge in [-0.05, 0) is 36.6 Å². The molecule has 1 amide bonds. The minimum atomic E-state index is 0.0889. The summed E-state index contributed by atoms with van der Waals surface area (Å²) in [6.07, 6.45) is 2.16. The number of rotatable bonds is 3. The molecule has 0 spiro atoms. The van der Waals surface area contributed by atoms with E-state index in [1.54, 1.807) is 0 Å². The van der Waals surface area contributed by atoms with Crippen molar-refractivity contribution < 1.29 is 4.79 Å². The van der Waals surface area contributed by atoms with Crippen molar-refractivity contribution in [2.24, 2.45) is 11.7 Å². The number of hydrogen-bond acceptors (Lipinski definition) is 3. The molecule has 1 atom stereocenters. The standard InChI is InChI=1S/C17H24N4O/c1-20-4-6-21(7-5-20)17(22)15-10-13-3-2-12(9-16(18)19)8-14(13)11-15/h2-3,8,15H,4-7,9-11H2,1H3,(H3,18,19). The molecule has 1 aromatic carbocycles. The van der Waals surface area contributed by atoms with Gasteiger partial charge in [-0.2, -0.15) is 0 Å². The van der Waals surface area contributed by atoms with Crippen LogP contribution in [0.3, 0.4) is 0 Å². The summed E-state index contributed by atoms with van der Waals surface area (Å²) < 4.78 is 0. The fourth-order valence-corrected chi connectivity index (χ4v) is 3.46. The van der Waals surface area contributed by atoms with Crippen molar-refractivity contribution in [2.45, 2.75) is 19.3 Å². The van der Waals surface area contributed by atoms with Crippen LogP contribution in [0.1, 0.15) is 16.7 Å². The molecule has 0 saturated carbocycles. The van der Waals surface area contributed by atoms with Crippen molar-refractivity contribution in [3.05, 3.63) is 34.9 Å². The zero-order valence-corrected chi connectivity index (χ0v) is 13.1. The number of carbonyl (C=O) groups excluding carboxylic acids is 1. The van der Waals surface area contributed by atoms with Gasteiger partial charge in [0.05, 0.1) is 5.84 Å². The Balaban J connectivity index is 1.66. The molecule has 3 rings (SSSR count). The fraction of sp³-hybridized carbons (Fsp3) is 0.529. The summed E-state index contributed by atoms with van der Waals surface area (Å²) in [6.45, 7) is 3.62. The molecule has 2 aliphatic rings. The monoisotopic (exact) mass is 300 g/mol. The summed E-state index contributed by atoms with van der Waals surface area (Å²) >= 11 is 0. The smallest absolute Gasteiger partial charge is 0.226 e. The highest BCUT2D eigenvalue weighted by molar-refractivity contribution is 5.81. The number of carbonyl (C=O) groups is 1. The molecule has 1 aliphatic heterocycles. The molecule has 0 radical (unpaired) electrons. The van der Waals surface area contributed by atoms with Gasteiger partial charge in [-0.1, -0.05) is 18.2 Å². The molecule has 0 aromatic heterocycles. The van der Waals surface area contributed by atoms with Gasteiger partial charge >= 0.3 is 0 Å². The number of likely N-dealkylation sites (N-methyl/N-ethyl adjacent to an activating group) is 1. The second kappa shape index (κ2) is 6.08. The van der Waals surface area contributed by atoms with Crippen molar-refractivity contribution in [1.29, 1.82) is 5.41 Å². The maximum Gasteiger partial charge on any atom is 0.226 e. The van der Waals surface area contributed by atoms with E-state index in [2.05, 4.69) is 24.1 Å². The summed E-state index contributed by atoms with van der Waals surface area (Å²) in [7, 11) is 2.10. The highest BCUT2D eigenvalue weighted by atomic mass is 16.2. The molecule has 22 heavy (non-hydrogen) atoms. The zero-order chi connectivity index (χ0) is 15.7. The molecule has 1 aromatic rings. The largest absolute Gasteiger partial charge is 0.387 e. The van der Waals surface area contributed by atoms with Gasteiger partial charge in [-0.3, -0.25) is 10.2 Å². The molecule has 1 aliphatic carbocycles. The van der Waals surface area contributed by atoms with Gasteiger partial charge in [0, 0.05) is 38.5 Å². The first-order chi connectivity index (χ1) is 10.5. The van der Waals surface area contributed by atoms with Crippen molar-refractivity contribution in [3.8, 4) is 0 Å². The van der Waals surface area contributed by atoms with Crippen molar-refractivity contribution >= 4 is 11.7 Å². The van der Waals surface area contributed by atoms with Gasteiger partial charge < -0.3 is 15.5 Å². The number of nitrogens with two attached hydrogens (primary N) is 1. The van der Waals surface area contributed by atoms with E-state index in [-0.39, 0.29) is 11.8 Å². The lowest BCUT2D eigenvalue weighted by Gasteiger charge is -2.34. The third kappa shape index (κ3) is 3.14. The first-order valence-corrected chi connectivity index (χ1v) is 7.94. The zero-order valence-electron chi connectivity index (χ0n) is 13.1. The highest BCUT2D eigenvalue weighted by Gasteiger charge is 2.31. The number of fused-ring (bicyclic) bond motifs is 1. The summed E-state index contributed by atoms with van der Waals surface area (Å²) in [6, 6.07) is 6.25. The number of amides is 1. The quantitative estimate of drug-likeness (QED) is 0.636. The Bertz CT molecular complexity index is 590. The predicted molar refractivity (Wildman–Crippen MR) is 87.0 cm³/mol. The van der Waals surface area contributed by atoms with Crippen LogP contribution in [0.4, 0.5) is 0 Å². The normalized spacial score (nSPS) is 21.7. The molecule has 1 heterocycles. The molecule has 0 bridgehead atoms. The fourth-order valence-electron chi connectivity index (χ4n) is 3.46. The average Bonchev–Trinajstić information content (AvgIpc) is 2.90. The predicted octanol–water partition coefficient (Wildman–Crippen LogP) is 0.654. The van der Waals surface area contributed by atoms with E-state index in [0.29, 0.717) is 12.3 Å². The molecule has 1 saturated heterocycles. The molecule has 5 nitrogen and oxygen atoms in total. The van der Waals surface area contributed by atoms with Crippen molar-refractivity contribution in [2.75, 3.05) is 33.2 Å². The molecule has 3 N–H and O–H groups in total. The van der Waals surface area contributed by atoms with Gasteiger partial charge in [-0.15, -0.1) is 0 Å². The number of benzene rings is 1. The van der Waals surface area contributed by atoms with Gasteiger partial charge in [0.1, 0.15) is 0 Å². The number of piperazine rings is 1. The maximum absolute atomic E-state index is 12.7. The SMILES string of the molecule is CN1CCN(C(=O)C2Cc3ccc(CC(=N)N)cc3C2)CC1. The third-order valence-electron chi connectivity index (χ3n) is 4.76. The van der Waals surface area contributed by atoms with Crippen LogP contribution in [-0.4, -0.2) is 54.8 Å². The lowest BCUT2D eigenvalue weighted by Crippen LogP contribution is -2.49. The second-order valence-corrected chi connectivity index (χ2v) is 6.54. The summed E-state index contributed by atoms with van der Waals surface area (Å²) in [4.78, 5) is 17.0. The van der Waals surface area contributed by atoms with Crippen LogP contribution < -0.4 is 5.73 Å². The first kappa shape index (κ1) is 15.0. The van der Waals surface area contributed by atoms with Gasteiger partial charge in [0.25, 0.3) is 0 Å². The maximum atomic E-state index is 12.7. The highest BCUT2D eigenvalue weighted by Crippen LogP contribution is 2.29. The van der Waals surface area contributed by atoms with Crippen LogP contribution >= 0.6 is 0 Å². The number of nitrogens with one attached hydrogen (secondary N) is 1. The van der Waals surface area contributed by atoms with E-state index >= 15 is 0 Å². The van der Waals surface area contributed by atoms with E-state index in [0.717, 1.165) is 44.6 Å². The molecular formula is C17H24N4O. The Kier molecular flexibility index (Phi) is 4.16. The van der Waals surface area contributed by atoms with Crippen LogP contribution in [0.15, 0.2) is 18.2 Å². The average molecular weight is 300 g/mol. The van der Waals surface area contributed by atoms with Crippen LogP contribution in [0, 0.1) is 11.3 Å².